The number of nitro benzene ring substituents is 1. The highest BCUT2D eigenvalue weighted by molar-refractivity contribution is 8.00. The van der Waals surface area contributed by atoms with Crippen molar-refractivity contribution in [2.24, 2.45) is 5.92 Å². The molecule has 1 heterocycles. The van der Waals surface area contributed by atoms with Gasteiger partial charge in [-0.05, 0) is 41.7 Å². The quantitative estimate of drug-likeness (QED) is 0.108. The summed E-state index contributed by atoms with van der Waals surface area (Å²) in [6.07, 6.45) is 0.746. The maximum absolute atomic E-state index is 13.7. The van der Waals surface area contributed by atoms with Gasteiger partial charge in [0.25, 0.3) is 5.69 Å². The first-order valence-electron chi connectivity index (χ1n) is 12.7. The van der Waals surface area contributed by atoms with Crippen LogP contribution in [-0.4, -0.2) is 21.3 Å². The number of fused-ring (bicyclic) bond motifs is 3. The highest BCUT2D eigenvalue weighted by atomic mass is 35.5. The Morgan fingerprint density at radius 1 is 0.949 bits per heavy atom. The molecule has 0 radical (unpaired) electrons. The SMILES string of the molecule is O=C(c1ccccc1)c1cc(Cl)cc2c1N[C@H](c1ccccc1)[C@@H]1C[C@H](Sc3ccccc3[N+](=O)[O-])[C@H](Cl)[C@H]21. The van der Waals surface area contributed by atoms with E-state index in [1.807, 2.05) is 48.5 Å². The number of nitrogens with zero attached hydrogens (tertiary/aromatic N) is 1. The lowest BCUT2D eigenvalue weighted by Gasteiger charge is -2.39. The van der Waals surface area contributed by atoms with Crippen molar-refractivity contribution >= 4 is 52.1 Å². The van der Waals surface area contributed by atoms with E-state index in [0.29, 0.717) is 21.0 Å². The van der Waals surface area contributed by atoms with Crippen molar-refractivity contribution in [3.8, 4) is 0 Å². The molecule has 6 rings (SSSR count). The number of benzene rings is 4. The number of rotatable bonds is 6. The van der Waals surface area contributed by atoms with E-state index in [1.54, 1.807) is 30.3 Å². The Morgan fingerprint density at radius 2 is 1.62 bits per heavy atom. The van der Waals surface area contributed by atoms with E-state index in [1.165, 1.54) is 17.8 Å². The highest BCUT2D eigenvalue weighted by Gasteiger charge is 2.51. The summed E-state index contributed by atoms with van der Waals surface area (Å²) in [4.78, 5) is 25.6. The van der Waals surface area contributed by atoms with Gasteiger partial charge in [0.1, 0.15) is 0 Å². The molecule has 2 aliphatic rings. The molecular formula is C31H24Cl2N2O3S. The zero-order valence-corrected chi connectivity index (χ0v) is 23.0. The number of nitrogens with one attached hydrogen (secondary N) is 1. The van der Waals surface area contributed by atoms with Gasteiger partial charge in [0, 0.05) is 39.1 Å². The molecule has 5 atom stereocenters. The summed E-state index contributed by atoms with van der Waals surface area (Å²) in [6, 6.07) is 29.7. The molecule has 1 N–H and O–H groups in total. The van der Waals surface area contributed by atoms with E-state index in [2.05, 4.69) is 17.4 Å². The average Bonchev–Trinajstić information content (AvgIpc) is 3.28. The first-order chi connectivity index (χ1) is 18.9. The van der Waals surface area contributed by atoms with Gasteiger partial charge in [-0.15, -0.1) is 23.4 Å². The van der Waals surface area contributed by atoms with Crippen LogP contribution < -0.4 is 5.32 Å². The molecule has 0 aromatic heterocycles. The third-order valence-corrected chi connectivity index (χ3v) is 10.00. The molecule has 4 aromatic carbocycles. The first kappa shape index (κ1) is 25.9. The van der Waals surface area contributed by atoms with Gasteiger partial charge in [-0.1, -0.05) is 84.4 Å². The molecule has 0 amide bonds. The highest BCUT2D eigenvalue weighted by Crippen LogP contribution is 2.59. The Kier molecular flexibility index (Phi) is 7.10. The van der Waals surface area contributed by atoms with E-state index < -0.39 is 0 Å². The number of alkyl halides is 1. The van der Waals surface area contributed by atoms with Crippen molar-refractivity contribution in [2.75, 3.05) is 5.32 Å². The Bertz CT molecular complexity index is 1550. The standard InChI is InChI=1S/C31H24Cl2N2O3S/c32-20-15-21-27-22(17-26(28(27)33)39-25-14-8-7-13-24(25)35(37)38)29(18-9-3-1-4-10-18)34-30(21)23(16-20)31(36)19-11-5-2-6-12-19/h1-16,22,26-29,34H,17H2/t22-,26+,27-,28+,29-/m1/s1. The van der Waals surface area contributed by atoms with Crippen LogP contribution in [0, 0.1) is 16.0 Å². The minimum absolute atomic E-state index is 0.0750. The van der Waals surface area contributed by atoms with Crippen LogP contribution in [0.3, 0.4) is 0 Å². The number of halogens is 2. The monoisotopic (exact) mass is 574 g/mol. The van der Waals surface area contributed by atoms with Gasteiger partial charge >= 0.3 is 0 Å². The summed E-state index contributed by atoms with van der Waals surface area (Å²) in [5.74, 6) is -0.114. The second kappa shape index (κ2) is 10.7. The lowest BCUT2D eigenvalue weighted by atomic mass is 9.76. The summed E-state index contributed by atoms with van der Waals surface area (Å²) in [7, 11) is 0. The minimum Gasteiger partial charge on any atom is -0.377 e. The first-order valence-corrected chi connectivity index (χ1v) is 14.4. The summed E-state index contributed by atoms with van der Waals surface area (Å²) in [6.45, 7) is 0. The predicted molar refractivity (Wildman–Crippen MR) is 157 cm³/mol. The molecule has 0 spiro atoms. The molecule has 1 saturated carbocycles. The molecule has 0 bridgehead atoms. The fourth-order valence-corrected chi connectivity index (χ4v) is 8.14. The molecular weight excluding hydrogens is 551 g/mol. The third kappa shape index (κ3) is 4.82. The summed E-state index contributed by atoms with van der Waals surface area (Å²) < 4.78 is 0. The van der Waals surface area contributed by atoms with E-state index in [4.69, 9.17) is 23.2 Å². The molecule has 1 aliphatic carbocycles. The van der Waals surface area contributed by atoms with Crippen molar-refractivity contribution in [3.63, 3.8) is 0 Å². The van der Waals surface area contributed by atoms with Crippen LogP contribution in [0.15, 0.2) is 102 Å². The normalized spacial score (nSPS) is 23.4. The zero-order valence-electron chi connectivity index (χ0n) is 20.7. The maximum Gasteiger partial charge on any atom is 0.282 e. The van der Waals surface area contributed by atoms with Crippen LogP contribution in [0.4, 0.5) is 11.4 Å². The zero-order chi connectivity index (χ0) is 27.1. The summed E-state index contributed by atoms with van der Waals surface area (Å²) >= 11 is 15.4. The third-order valence-electron chi connectivity index (χ3n) is 7.66. The fraction of sp³-hybridized carbons (Fsp3) is 0.194. The van der Waals surface area contributed by atoms with Gasteiger partial charge in [-0.25, -0.2) is 0 Å². The largest absolute Gasteiger partial charge is 0.377 e. The number of nitro groups is 1. The van der Waals surface area contributed by atoms with Gasteiger partial charge in [-0.2, -0.15) is 0 Å². The number of carbonyl (C=O) groups is 1. The van der Waals surface area contributed by atoms with Crippen LogP contribution in [0.1, 0.15) is 45.4 Å². The number of hydrogen-bond acceptors (Lipinski definition) is 5. The van der Waals surface area contributed by atoms with E-state index in [-0.39, 0.29) is 44.9 Å². The molecule has 8 heteroatoms. The van der Waals surface area contributed by atoms with Gasteiger partial charge in [-0.3, -0.25) is 14.9 Å². The average molecular weight is 576 g/mol. The Balaban J connectivity index is 1.45. The lowest BCUT2D eigenvalue weighted by molar-refractivity contribution is -0.387. The lowest BCUT2D eigenvalue weighted by Crippen LogP contribution is -2.32. The molecule has 1 fully saturated rings. The van der Waals surface area contributed by atoms with Crippen LogP contribution in [0.2, 0.25) is 5.02 Å². The molecule has 1 aliphatic heterocycles. The van der Waals surface area contributed by atoms with E-state index in [9.17, 15) is 14.9 Å². The van der Waals surface area contributed by atoms with E-state index >= 15 is 0 Å². The number of para-hydroxylation sites is 1. The number of thioether (sulfide) groups is 1. The van der Waals surface area contributed by atoms with Gasteiger partial charge < -0.3 is 5.32 Å². The van der Waals surface area contributed by atoms with Crippen molar-refractivity contribution < 1.29 is 9.72 Å². The number of hydrogen-bond donors (Lipinski definition) is 1. The smallest absolute Gasteiger partial charge is 0.282 e. The molecule has 39 heavy (non-hydrogen) atoms. The maximum atomic E-state index is 13.7. The minimum atomic E-state index is -0.349. The molecule has 196 valence electrons. The van der Waals surface area contributed by atoms with Crippen molar-refractivity contribution in [3.05, 3.63) is 134 Å². The second-order valence-electron chi connectivity index (χ2n) is 9.90. The Hall–Kier alpha value is -3.32. The fourth-order valence-electron chi connectivity index (χ4n) is 5.97. The van der Waals surface area contributed by atoms with E-state index in [0.717, 1.165) is 23.2 Å². The Morgan fingerprint density at radius 3 is 2.33 bits per heavy atom. The van der Waals surface area contributed by atoms with Crippen LogP contribution in [0.5, 0.6) is 0 Å². The van der Waals surface area contributed by atoms with Crippen LogP contribution >= 0.6 is 35.0 Å². The van der Waals surface area contributed by atoms with Crippen molar-refractivity contribution in [2.45, 2.75) is 33.9 Å². The predicted octanol–water partition coefficient (Wildman–Crippen LogP) is 8.52. The second-order valence-corrected chi connectivity index (χ2v) is 12.1. The van der Waals surface area contributed by atoms with Crippen molar-refractivity contribution in [1.29, 1.82) is 0 Å². The van der Waals surface area contributed by atoms with Gasteiger partial charge in [0.2, 0.25) is 0 Å². The molecule has 4 aromatic rings. The number of ketones is 1. The van der Waals surface area contributed by atoms with Gasteiger partial charge in [0.15, 0.2) is 5.78 Å². The van der Waals surface area contributed by atoms with Crippen molar-refractivity contribution in [1.82, 2.24) is 0 Å². The van der Waals surface area contributed by atoms with Gasteiger partial charge in [0.05, 0.1) is 21.2 Å². The van der Waals surface area contributed by atoms with Crippen LogP contribution in [0.25, 0.3) is 0 Å². The number of carbonyl (C=O) groups excluding carboxylic acids is 1. The molecule has 5 nitrogen and oxygen atoms in total. The number of anilines is 1. The summed E-state index contributed by atoms with van der Waals surface area (Å²) in [5, 5.41) is 15.5. The topological polar surface area (TPSA) is 72.2 Å². The summed E-state index contributed by atoms with van der Waals surface area (Å²) in [5.41, 5.74) is 3.96. The van der Waals surface area contributed by atoms with Crippen LogP contribution in [-0.2, 0) is 0 Å². The Labute approximate surface area is 240 Å². The molecule has 0 unspecified atom stereocenters. The molecule has 0 saturated heterocycles.